The van der Waals surface area contributed by atoms with Crippen LogP contribution in [-0.2, 0) is 9.53 Å². The van der Waals surface area contributed by atoms with Crippen molar-refractivity contribution in [3.8, 4) is 22.8 Å². The maximum absolute atomic E-state index is 12.4. The van der Waals surface area contributed by atoms with Crippen LogP contribution in [0.4, 0.5) is 10.5 Å². The maximum atomic E-state index is 12.4. The summed E-state index contributed by atoms with van der Waals surface area (Å²) in [6, 6.07) is 11.8. The number of aliphatic hydroxyl groups is 1. The zero-order chi connectivity index (χ0) is 31.1. The van der Waals surface area contributed by atoms with Crippen LogP contribution in [0.5, 0.6) is 11.5 Å². The Balaban J connectivity index is 1.39. The first kappa shape index (κ1) is 30.6. The largest absolute Gasteiger partial charge is 0.490 e. The number of aryl methyl sites for hydroxylation is 1. The molecule has 0 unspecified atom stereocenters. The van der Waals surface area contributed by atoms with E-state index >= 15 is 0 Å². The van der Waals surface area contributed by atoms with Crippen LogP contribution in [0.3, 0.4) is 0 Å². The van der Waals surface area contributed by atoms with Crippen LogP contribution < -0.4 is 25.5 Å². The van der Waals surface area contributed by atoms with E-state index in [1.807, 2.05) is 0 Å². The number of amides is 2. The number of benzene rings is 2. The van der Waals surface area contributed by atoms with Crippen molar-refractivity contribution in [2.75, 3.05) is 20.3 Å². The van der Waals surface area contributed by atoms with E-state index < -0.39 is 29.2 Å². The Bertz CT molecular complexity index is 1580. The fourth-order valence-electron chi connectivity index (χ4n) is 4.35. The molecule has 1 aliphatic rings. The number of nitro benzene ring substituents is 1. The predicted octanol–water partition coefficient (Wildman–Crippen LogP) is 3.68. The molecule has 1 aromatic heterocycles. The number of carbonyl (C=O) groups excluding carboxylic acids is 2. The fraction of sp³-hybridized carbons (Fsp3) is 0.276. The van der Waals surface area contributed by atoms with Gasteiger partial charge < -0.3 is 34.4 Å². The number of carbonyl (C=O) groups is 2. The van der Waals surface area contributed by atoms with E-state index in [4.69, 9.17) is 18.6 Å². The van der Waals surface area contributed by atoms with Crippen molar-refractivity contribution in [2.45, 2.75) is 33.0 Å². The fourth-order valence-corrected chi connectivity index (χ4v) is 4.35. The minimum Gasteiger partial charge on any atom is -0.490 e. The third-order valence-electron chi connectivity index (χ3n) is 6.40. The highest BCUT2D eigenvalue weighted by Gasteiger charge is 2.32. The van der Waals surface area contributed by atoms with Gasteiger partial charge in [0.05, 0.1) is 36.5 Å². The number of aliphatic hydroxyl groups excluding tert-OH is 1. The van der Waals surface area contributed by atoms with Gasteiger partial charge in [0.25, 0.3) is 5.69 Å². The number of ether oxygens (including phenoxy) is 3. The third-order valence-corrected chi connectivity index (χ3v) is 6.40. The van der Waals surface area contributed by atoms with Gasteiger partial charge >= 0.3 is 12.0 Å². The van der Waals surface area contributed by atoms with E-state index in [0.29, 0.717) is 52.0 Å². The molecule has 2 atom stereocenters. The quantitative estimate of drug-likeness (QED) is 0.0793. The molecule has 14 heteroatoms. The number of esters is 1. The number of hydrogen-bond acceptors (Lipinski definition) is 11. The number of hydrogen-bond donors (Lipinski definition) is 4. The van der Waals surface area contributed by atoms with Crippen LogP contribution in [-0.4, -0.2) is 54.8 Å². The molecule has 0 spiro atoms. The van der Waals surface area contributed by atoms with Crippen molar-refractivity contribution in [1.82, 2.24) is 16.1 Å². The van der Waals surface area contributed by atoms with Crippen molar-refractivity contribution in [2.24, 2.45) is 5.10 Å². The zero-order valence-corrected chi connectivity index (χ0v) is 23.9. The van der Waals surface area contributed by atoms with Gasteiger partial charge in [-0.2, -0.15) is 5.10 Å². The second kappa shape index (κ2) is 13.5. The molecule has 0 bridgehead atoms. The van der Waals surface area contributed by atoms with Gasteiger partial charge in [-0.15, -0.1) is 0 Å². The number of methoxy groups -OCH3 is 1. The molecule has 0 aliphatic carbocycles. The SMILES string of the molecule is CCOc1cc([C@H]2NC(=O)NC(C)=C2C(=O)OC)ccc1OC[C@@H](O)N/N=C/c1ccc(-c2ccc(C)c([N+](=O)[O-])c2)o1. The molecule has 226 valence electrons. The average Bonchev–Trinajstić information content (AvgIpc) is 3.45. The lowest BCUT2D eigenvalue weighted by Crippen LogP contribution is -2.45. The minimum atomic E-state index is -1.21. The number of rotatable bonds is 12. The van der Waals surface area contributed by atoms with Crippen LogP contribution in [0.15, 0.2) is 69.3 Å². The Morgan fingerprint density at radius 3 is 2.70 bits per heavy atom. The zero-order valence-electron chi connectivity index (χ0n) is 23.9. The summed E-state index contributed by atoms with van der Waals surface area (Å²) in [7, 11) is 1.26. The van der Waals surface area contributed by atoms with Crippen LogP contribution >= 0.6 is 0 Å². The lowest BCUT2D eigenvalue weighted by atomic mass is 9.95. The molecule has 4 rings (SSSR count). The summed E-state index contributed by atoms with van der Waals surface area (Å²) in [4.78, 5) is 35.3. The molecule has 43 heavy (non-hydrogen) atoms. The summed E-state index contributed by atoms with van der Waals surface area (Å²) >= 11 is 0. The first-order valence-electron chi connectivity index (χ1n) is 13.2. The molecular weight excluding hydrogens is 562 g/mol. The monoisotopic (exact) mass is 593 g/mol. The summed E-state index contributed by atoms with van der Waals surface area (Å²) in [5, 5.41) is 30.8. The first-order valence-corrected chi connectivity index (χ1v) is 13.2. The molecule has 0 saturated heterocycles. The summed E-state index contributed by atoms with van der Waals surface area (Å²) in [5.41, 5.74) is 4.80. The van der Waals surface area contributed by atoms with Gasteiger partial charge in [-0.3, -0.25) is 15.5 Å². The van der Waals surface area contributed by atoms with Crippen molar-refractivity contribution in [3.63, 3.8) is 0 Å². The first-order chi connectivity index (χ1) is 20.6. The molecule has 2 aromatic carbocycles. The Morgan fingerprint density at radius 2 is 1.98 bits per heavy atom. The van der Waals surface area contributed by atoms with E-state index in [2.05, 4.69) is 21.2 Å². The summed E-state index contributed by atoms with van der Waals surface area (Å²) in [6.07, 6.45) is 0.136. The Labute approximate surface area is 246 Å². The molecule has 2 heterocycles. The van der Waals surface area contributed by atoms with Gasteiger partial charge in [0.15, 0.2) is 17.7 Å². The van der Waals surface area contributed by atoms with Crippen LogP contribution in [0.25, 0.3) is 11.3 Å². The molecule has 4 N–H and O–H groups in total. The maximum Gasteiger partial charge on any atom is 0.337 e. The van der Waals surface area contributed by atoms with Gasteiger partial charge in [0.2, 0.25) is 0 Å². The Kier molecular flexibility index (Phi) is 9.62. The van der Waals surface area contributed by atoms with Gasteiger partial charge in [-0.1, -0.05) is 18.2 Å². The van der Waals surface area contributed by atoms with Gasteiger partial charge in [-0.25, -0.2) is 9.59 Å². The summed E-state index contributed by atoms with van der Waals surface area (Å²) < 4.78 is 22.0. The number of nitro groups is 1. The third kappa shape index (κ3) is 7.29. The van der Waals surface area contributed by atoms with Crippen LogP contribution in [0, 0.1) is 17.0 Å². The van der Waals surface area contributed by atoms with Gasteiger partial charge in [-0.05, 0) is 50.6 Å². The minimum absolute atomic E-state index is 0.00743. The number of hydrazone groups is 1. The Hall–Kier alpha value is -5.37. The molecule has 0 radical (unpaired) electrons. The molecule has 1 aliphatic heterocycles. The van der Waals surface area contributed by atoms with Crippen LogP contribution in [0.2, 0.25) is 0 Å². The van der Waals surface area contributed by atoms with Crippen molar-refractivity contribution in [1.29, 1.82) is 0 Å². The average molecular weight is 594 g/mol. The predicted molar refractivity (Wildman–Crippen MR) is 155 cm³/mol. The molecule has 2 amide bonds. The lowest BCUT2D eigenvalue weighted by Gasteiger charge is -2.28. The van der Waals surface area contributed by atoms with Gasteiger partial charge in [0, 0.05) is 22.9 Å². The van der Waals surface area contributed by atoms with E-state index in [1.165, 1.54) is 19.4 Å². The van der Waals surface area contributed by atoms with Crippen molar-refractivity contribution in [3.05, 3.63) is 86.8 Å². The van der Waals surface area contributed by atoms with Crippen molar-refractivity contribution < 1.29 is 38.2 Å². The molecule has 14 nitrogen and oxygen atoms in total. The highest BCUT2D eigenvalue weighted by molar-refractivity contribution is 5.95. The second-order valence-corrected chi connectivity index (χ2v) is 9.38. The number of allylic oxidation sites excluding steroid dienone is 1. The highest BCUT2D eigenvalue weighted by Crippen LogP contribution is 2.35. The molecule has 3 aromatic rings. The number of furan rings is 1. The van der Waals surface area contributed by atoms with E-state index in [0.717, 1.165) is 0 Å². The summed E-state index contributed by atoms with van der Waals surface area (Å²) in [5.74, 6) is 0.846. The van der Waals surface area contributed by atoms with E-state index in [9.17, 15) is 24.8 Å². The molecule has 0 saturated carbocycles. The second-order valence-electron chi connectivity index (χ2n) is 9.38. The van der Waals surface area contributed by atoms with Crippen LogP contribution in [0.1, 0.15) is 36.8 Å². The number of nitrogens with zero attached hydrogens (tertiary/aromatic N) is 2. The van der Waals surface area contributed by atoms with Crippen molar-refractivity contribution >= 4 is 23.9 Å². The standard InChI is InChI=1S/C29H31N5O9/c1-5-41-24-13-19(27-26(28(36)40-4)17(3)31-29(37)32-27)8-10-23(24)42-15-25(35)33-30-14-20-9-11-22(43-20)18-7-6-16(2)21(12-18)34(38)39/h6-14,25,27,33,35H,5,15H2,1-4H3,(H2,31,32,37)/b30-14+/t25-,27-/m1/s1. The highest BCUT2D eigenvalue weighted by atomic mass is 16.6. The normalized spacial score (nSPS) is 15.5. The van der Waals surface area contributed by atoms with E-state index in [-0.39, 0.29) is 17.9 Å². The number of urea groups is 1. The number of nitrogens with one attached hydrogen (secondary N) is 3. The lowest BCUT2D eigenvalue weighted by molar-refractivity contribution is -0.385. The topological polar surface area (TPSA) is 187 Å². The summed E-state index contributed by atoms with van der Waals surface area (Å²) in [6.45, 7) is 5.16. The van der Waals surface area contributed by atoms with Gasteiger partial charge in [0.1, 0.15) is 18.1 Å². The Morgan fingerprint density at radius 1 is 1.19 bits per heavy atom. The molecular formula is C29H31N5O9. The van der Waals surface area contributed by atoms with E-state index in [1.54, 1.807) is 63.2 Å². The molecule has 0 fully saturated rings. The smallest absolute Gasteiger partial charge is 0.337 e.